The van der Waals surface area contributed by atoms with E-state index in [0.717, 1.165) is 30.7 Å². The SMILES string of the molecule is COc1ccc2cc(CN3CCOC(C(=O)NC4C5CC6CC(C5)CC4C6)C3)ccc2c1. The van der Waals surface area contributed by atoms with Crippen LogP contribution in [0.4, 0.5) is 0 Å². The van der Waals surface area contributed by atoms with Crippen molar-refractivity contribution < 1.29 is 14.3 Å². The van der Waals surface area contributed by atoms with E-state index in [1.807, 2.05) is 6.07 Å². The van der Waals surface area contributed by atoms with E-state index in [1.54, 1.807) is 7.11 Å². The molecule has 1 N–H and O–H groups in total. The van der Waals surface area contributed by atoms with Crippen molar-refractivity contribution in [1.82, 2.24) is 10.2 Å². The summed E-state index contributed by atoms with van der Waals surface area (Å²) in [5.74, 6) is 4.24. The maximum Gasteiger partial charge on any atom is 0.250 e. The number of ether oxygens (including phenoxy) is 2. The minimum atomic E-state index is -0.356. The third kappa shape index (κ3) is 3.90. The first-order valence-corrected chi connectivity index (χ1v) is 12.4. The molecule has 0 spiro atoms. The molecule has 1 amide bonds. The van der Waals surface area contributed by atoms with Crippen LogP contribution in [0.25, 0.3) is 10.8 Å². The summed E-state index contributed by atoms with van der Waals surface area (Å²) in [6.45, 7) is 2.99. The molecule has 32 heavy (non-hydrogen) atoms. The van der Waals surface area contributed by atoms with Crippen molar-refractivity contribution in [3.05, 3.63) is 42.0 Å². The Balaban J connectivity index is 1.09. The van der Waals surface area contributed by atoms with Gasteiger partial charge in [0, 0.05) is 25.7 Å². The second-order valence-corrected chi connectivity index (χ2v) is 10.6. The molecular weight excluding hydrogens is 400 g/mol. The monoisotopic (exact) mass is 434 g/mol. The van der Waals surface area contributed by atoms with Crippen LogP contribution in [0.5, 0.6) is 5.75 Å². The van der Waals surface area contributed by atoms with Crippen molar-refractivity contribution >= 4 is 16.7 Å². The summed E-state index contributed by atoms with van der Waals surface area (Å²) in [7, 11) is 1.70. The van der Waals surface area contributed by atoms with Crippen LogP contribution in [-0.4, -0.2) is 49.8 Å². The summed E-state index contributed by atoms with van der Waals surface area (Å²) >= 11 is 0. The molecule has 2 aromatic carbocycles. The third-order valence-corrected chi connectivity index (χ3v) is 8.50. The molecule has 1 atom stereocenters. The van der Waals surface area contributed by atoms with Crippen LogP contribution < -0.4 is 10.1 Å². The van der Waals surface area contributed by atoms with Gasteiger partial charge in [0.15, 0.2) is 0 Å². The van der Waals surface area contributed by atoms with E-state index in [2.05, 4.69) is 40.5 Å². The minimum Gasteiger partial charge on any atom is -0.497 e. The lowest BCUT2D eigenvalue weighted by molar-refractivity contribution is -0.142. The topological polar surface area (TPSA) is 50.8 Å². The lowest BCUT2D eigenvalue weighted by Gasteiger charge is -2.54. The van der Waals surface area contributed by atoms with Crippen molar-refractivity contribution in [2.24, 2.45) is 23.7 Å². The predicted molar refractivity (Wildman–Crippen MR) is 124 cm³/mol. The van der Waals surface area contributed by atoms with Gasteiger partial charge in [-0.15, -0.1) is 0 Å². The maximum atomic E-state index is 13.1. The standard InChI is InChI=1S/C27H34N2O3/c1-31-24-5-4-20-9-17(2-3-21(20)14-24)15-29-6-7-32-25(16-29)27(30)28-26-22-10-18-8-19(12-22)13-23(26)11-18/h2-5,9,14,18-19,22-23,25-26H,6-8,10-13,15-16H2,1H3,(H,28,30). The Hall–Kier alpha value is -2.11. The minimum absolute atomic E-state index is 0.109. The molecule has 1 aliphatic heterocycles. The van der Waals surface area contributed by atoms with Gasteiger partial charge in [0.25, 0.3) is 5.91 Å². The van der Waals surface area contributed by atoms with Crippen LogP contribution >= 0.6 is 0 Å². The van der Waals surface area contributed by atoms with Crippen molar-refractivity contribution in [2.45, 2.75) is 50.8 Å². The van der Waals surface area contributed by atoms with Crippen LogP contribution in [0.2, 0.25) is 0 Å². The Labute approximate surface area is 190 Å². The Morgan fingerprint density at radius 2 is 1.75 bits per heavy atom. The second kappa shape index (κ2) is 8.35. The molecule has 4 aliphatic carbocycles. The zero-order valence-corrected chi connectivity index (χ0v) is 19.0. The van der Waals surface area contributed by atoms with Crippen LogP contribution in [0.15, 0.2) is 36.4 Å². The Kier molecular flexibility index (Phi) is 5.34. The highest BCUT2D eigenvalue weighted by atomic mass is 16.5. The van der Waals surface area contributed by atoms with Gasteiger partial charge in [-0.3, -0.25) is 9.69 Å². The van der Waals surface area contributed by atoms with Crippen LogP contribution in [0.1, 0.15) is 37.7 Å². The molecule has 5 heteroatoms. The van der Waals surface area contributed by atoms with E-state index in [1.165, 1.54) is 48.4 Å². The average Bonchev–Trinajstić information content (AvgIpc) is 2.80. The fourth-order valence-corrected chi connectivity index (χ4v) is 7.18. The number of morpholine rings is 1. The van der Waals surface area contributed by atoms with E-state index < -0.39 is 0 Å². The molecule has 4 bridgehead atoms. The average molecular weight is 435 g/mol. The Bertz CT molecular complexity index is 978. The van der Waals surface area contributed by atoms with Gasteiger partial charge >= 0.3 is 0 Å². The van der Waals surface area contributed by atoms with Crippen LogP contribution in [-0.2, 0) is 16.1 Å². The van der Waals surface area contributed by atoms with Crippen LogP contribution in [0.3, 0.4) is 0 Å². The molecule has 7 rings (SSSR count). The number of nitrogens with zero attached hydrogens (tertiary/aromatic N) is 1. The molecule has 1 heterocycles. The van der Waals surface area contributed by atoms with Gasteiger partial charge in [0.1, 0.15) is 11.9 Å². The first-order chi connectivity index (χ1) is 15.6. The van der Waals surface area contributed by atoms with Gasteiger partial charge in [0.05, 0.1) is 13.7 Å². The molecule has 5 fully saturated rings. The highest BCUT2D eigenvalue weighted by molar-refractivity contribution is 5.84. The molecule has 5 aliphatic rings. The number of hydrogen-bond donors (Lipinski definition) is 1. The lowest BCUT2D eigenvalue weighted by atomic mass is 9.54. The molecule has 2 aromatic rings. The highest BCUT2D eigenvalue weighted by Gasteiger charge is 2.49. The summed E-state index contributed by atoms with van der Waals surface area (Å²) in [6, 6.07) is 13.1. The first-order valence-electron chi connectivity index (χ1n) is 12.4. The highest BCUT2D eigenvalue weighted by Crippen LogP contribution is 2.53. The van der Waals surface area contributed by atoms with Gasteiger partial charge in [-0.25, -0.2) is 0 Å². The summed E-state index contributed by atoms with van der Waals surface area (Å²) in [6.07, 6.45) is 6.38. The lowest BCUT2D eigenvalue weighted by Crippen LogP contribution is -2.59. The fourth-order valence-electron chi connectivity index (χ4n) is 7.18. The van der Waals surface area contributed by atoms with E-state index in [4.69, 9.17) is 9.47 Å². The number of carbonyl (C=O) groups is 1. The van der Waals surface area contributed by atoms with E-state index in [-0.39, 0.29) is 12.0 Å². The molecule has 1 saturated heterocycles. The number of rotatable bonds is 5. The number of hydrogen-bond acceptors (Lipinski definition) is 4. The molecule has 4 saturated carbocycles. The number of methoxy groups -OCH3 is 1. The third-order valence-electron chi connectivity index (χ3n) is 8.50. The smallest absolute Gasteiger partial charge is 0.250 e. The maximum absolute atomic E-state index is 13.1. The van der Waals surface area contributed by atoms with Crippen molar-refractivity contribution in [3.8, 4) is 5.75 Å². The normalized spacial score (nSPS) is 34.0. The summed E-state index contributed by atoms with van der Waals surface area (Å²) in [5, 5.41) is 5.85. The van der Waals surface area contributed by atoms with Crippen molar-refractivity contribution in [3.63, 3.8) is 0 Å². The number of amides is 1. The van der Waals surface area contributed by atoms with E-state index >= 15 is 0 Å². The predicted octanol–water partition coefficient (Wildman–Crippen LogP) is 3.99. The molecular formula is C27H34N2O3. The summed E-state index contributed by atoms with van der Waals surface area (Å²) in [4.78, 5) is 15.5. The zero-order valence-electron chi connectivity index (χ0n) is 19.0. The van der Waals surface area contributed by atoms with Gasteiger partial charge in [0.2, 0.25) is 0 Å². The summed E-state index contributed by atoms with van der Waals surface area (Å²) in [5.41, 5.74) is 1.27. The molecule has 170 valence electrons. The van der Waals surface area contributed by atoms with Crippen molar-refractivity contribution in [1.29, 1.82) is 0 Å². The van der Waals surface area contributed by atoms with E-state index in [0.29, 0.717) is 31.0 Å². The van der Waals surface area contributed by atoms with Gasteiger partial charge < -0.3 is 14.8 Å². The fraction of sp³-hybridized carbons (Fsp3) is 0.593. The Morgan fingerprint density at radius 3 is 2.50 bits per heavy atom. The number of benzene rings is 2. The molecule has 0 radical (unpaired) electrons. The first kappa shape index (κ1) is 20.5. The van der Waals surface area contributed by atoms with E-state index in [9.17, 15) is 4.79 Å². The van der Waals surface area contributed by atoms with Gasteiger partial charge in [-0.1, -0.05) is 18.2 Å². The summed E-state index contributed by atoms with van der Waals surface area (Å²) < 4.78 is 11.3. The quantitative estimate of drug-likeness (QED) is 0.773. The molecule has 0 aromatic heterocycles. The number of fused-ring (bicyclic) bond motifs is 1. The van der Waals surface area contributed by atoms with Gasteiger partial charge in [-0.05, 0) is 90.3 Å². The Morgan fingerprint density at radius 1 is 1.03 bits per heavy atom. The number of nitrogens with one attached hydrogen (secondary N) is 1. The largest absolute Gasteiger partial charge is 0.497 e. The number of carbonyl (C=O) groups excluding carboxylic acids is 1. The van der Waals surface area contributed by atoms with Crippen molar-refractivity contribution in [2.75, 3.05) is 26.8 Å². The van der Waals surface area contributed by atoms with Crippen LogP contribution in [0, 0.1) is 23.7 Å². The molecule has 1 unspecified atom stereocenters. The zero-order chi connectivity index (χ0) is 21.7. The molecule has 5 nitrogen and oxygen atoms in total. The van der Waals surface area contributed by atoms with Gasteiger partial charge in [-0.2, -0.15) is 0 Å². The second-order valence-electron chi connectivity index (χ2n) is 10.6.